The molecule has 0 aliphatic heterocycles. The second kappa shape index (κ2) is 7.25. The van der Waals surface area contributed by atoms with E-state index in [-0.39, 0.29) is 0 Å². The van der Waals surface area contributed by atoms with E-state index in [2.05, 4.69) is 20.1 Å². The Bertz CT molecular complexity index is 1050. The minimum absolute atomic E-state index is 0.375. The molecule has 7 nitrogen and oxygen atoms in total. The fourth-order valence-electron chi connectivity index (χ4n) is 2.72. The number of nitrogens with zero attached hydrogens (tertiary/aromatic N) is 4. The van der Waals surface area contributed by atoms with Crippen LogP contribution in [0.4, 0.5) is 0 Å². The van der Waals surface area contributed by atoms with Crippen molar-refractivity contribution in [1.29, 1.82) is 0 Å². The third-order valence-electron chi connectivity index (χ3n) is 4.04. The lowest BCUT2D eigenvalue weighted by Gasteiger charge is -2.09. The zero-order valence-corrected chi connectivity index (χ0v) is 14.8. The molecule has 0 radical (unpaired) electrons. The Hall–Kier alpha value is -3.74. The Kier molecular flexibility index (Phi) is 4.49. The third-order valence-corrected chi connectivity index (χ3v) is 4.04. The molecule has 134 valence electrons. The molecule has 3 heterocycles. The zero-order chi connectivity index (χ0) is 18.6. The van der Waals surface area contributed by atoms with Crippen LogP contribution in [-0.4, -0.2) is 34.3 Å². The molecule has 0 saturated carbocycles. The monoisotopic (exact) mass is 360 g/mol. The molecule has 27 heavy (non-hydrogen) atoms. The van der Waals surface area contributed by atoms with Crippen molar-refractivity contribution in [1.82, 2.24) is 20.1 Å². The largest absolute Gasteiger partial charge is 0.493 e. The van der Waals surface area contributed by atoms with Crippen LogP contribution in [0.2, 0.25) is 0 Å². The molecule has 0 atom stereocenters. The van der Waals surface area contributed by atoms with Gasteiger partial charge in [0.1, 0.15) is 0 Å². The highest BCUT2D eigenvalue weighted by molar-refractivity contribution is 5.70. The molecule has 0 saturated heterocycles. The number of para-hydroxylation sites is 1. The van der Waals surface area contributed by atoms with Crippen molar-refractivity contribution >= 4 is 0 Å². The molecule has 1 aromatic carbocycles. The number of hydrogen-bond donors (Lipinski definition) is 0. The van der Waals surface area contributed by atoms with Gasteiger partial charge >= 0.3 is 0 Å². The van der Waals surface area contributed by atoms with Crippen LogP contribution in [0, 0.1) is 0 Å². The van der Waals surface area contributed by atoms with E-state index in [4.69, 9.17) is 14.0 Å². The average Bonchev–Trinajstić information content (AvgIpc) is 3.24. The fraction of sp³-hybridized carbons (Fsp3) is 0.100. The summed E-state index contributed by atoms with van der Waals surface area (Å²) in [5, 5.41) is 4.07. The van der Waals surface area contributed by atoms with Gasteiger partial charge in [0.25, 0.3) is 5.89 Å². The van der Waals surface area contributed by atoms with Crippen LogP contribution in [0.1, 0.15) is 0 Å². The van der Waals surface area contributed by atoms with Crippen molar-refractivity contribution < 1.29 is 14.0 Å². The maximum Gasteiger partial charge on any atom is 0.259 e. The maximum atomic E-state index is 5.44. The standard InChI is InChI=1S/C20H16N4O3/c1-25-17-7-3-6-15(18(17)26-2)19-23-20(27-24-19)14-8-9-16(22-12-14)13-5-4-10-21-11-13/h3-12H,1-2H3. The molecule has 7 heteroatoms. The number of benzene rings is 1. The molecule has 0 bridgehead atoms. The summed E-state index contributed by atoms with van der Waals surface area (Å²) in [5.74, 6) is 1.94. The predicted octanol–water partition coefficient (Wildman–Crippen LogP) is 3.88. The Morgan fingerprint density at radius 1 is 0.889 bits per heavy atom. The van der Waals surface area contributed by atoms with Crippen molar-refractivity contribution in [2.75, 3.05) is 14.2 Å². The van der Waals surface area contributed by atoms with Crippen molar-refractivity contribution in [2.45, 2.75) is 0 Å². The predicted molar refractivity (Wildman–Crippen MR) is 99.3 cm³/mol. The molecule has 0 fully saturated rings. The summed E-state index contributed by atoms with van der Waals surface area (Å²) in [6.07, 6.45) is 5.19. The zero-order valence-electron chi connectivity index (χ0n) is 14.8. The van der Waals surface area contributed by atoms with Crippen LogP contribution >= 0.6 is 0 Å². The van der Waals surface area contributed by atoms with Gasteiger partial charge in [0.05, 0.1) is 31.0 Å². The van der Waals surface area contributed by atoms with E-state index >= 15 is 0 Å². The number of methoxy groups -OCH3 is 2. The maximum absolute atomic E-state index is 5.44. The van der Waals surface area contributed by atoms with Gasteiger partial charge in [-0.25, -0.2) is 0 Å². The van der Waals surface area contributed by atoms with Gasteiger partial charge < -0.3 is 14.0 Å². The van der Waals surface area contributed by atoms with Gasteiger partial charge in [-0.15, -0.1) is 0 Å². The van der Waals surface area contributed by atoms with Crippen LogP contribution in [0.15, 0.2) is 65.6 Å². The lowest BCUT2D eigenvalue weighted by Crippen LogP contribution is -1.94. The summed E-state index contributed by atoms with van der Waals surface area (Å²) >= 11 is 0. The van der Waals surface area contributed by atoms with Crippen LogP contribution in [-0.2, 0) is 0 Å². The Labute approximate surface area is 155 Å². The highest BCUT2D eigenvalue weighted by Gasteiger charge is 2.17. The first-order valence-corrected chi connectivity index (χ1v) is 8.22. The second-order valence-corrected chi connectivity index (χ2v) is 5.64. The first-order chi connectivity index (χ1) is 13.3. The van der Waals surface area contributed by atoms with Crippen molar-refractivity contribution in [3.63, 3.8) is 0 Å². The van der Waals surface area contributed by atoms with Gasteiger partial charge in [-0.05, 0) is 36.4 Å². The van der Waals surface area contributed by atoms with Gasteiger partial charge in [0.2, 0.25) is 5.82 Å². The highest BCUT2D eigenvalue weighted by Crippen LogP contribution is 2.37. The quantitative estimate of drug-likeness (QED) is 0.534. The fourth-order valence-corrected chi connectivity index (χ4v) is 2.72. The molecule has 4 aromatic rings. The molecule has 0 N–H and O–H groups in total. The second-order valence-electron chi connectivity index (χ2n) is 5.64. The first-order valence-electron chi connectivity index (χ1n) is 8.22. The van der Waals surface area contributed by atoms with Crippen molar-refractivity contribution in [3.8, 4) is 45.6 Å². The summed E-state index contributed by atoms with van der Waals surface area (Å²) in [5.41, 5.74) is 3.17. The van der Waals surface area contributed by atoms with Gasteiger partial charge in [-0.2, -0.15) is 4.98 Å². The first kappa shape index (κ1) is 16.7. The van der Waals surface area contributed by atoms with E-state index in [0.29, 0.717) is 28.8 Å². The molecule has 0 spiro atoms. The minimum atomic E-state index is 0.375. The molecule has 0 aliphatic rings. The average molecular weight is 360 g/mol. The van der Waals surface area contributed by atoms with Gasteiger partial charge in [0.15, 0.2) is 11.5 Å². The van der Waals surface area contributed by atoms with E-state index in [1.165, 1.54) is 0 Å². The molecule has 3 aromatic heterocycles. The Morgan fingerprint density at radius 3 is 2.52 bits per heavy atom. The lowest BCUT2D eigenvalue weighted by molar-refractivity contribution is 0.355. The van der Waals surface area contributed by atoms with E-state index in [1.807, 2.05) is 42.5 Å². The molecule has 0 unspecified atom stereocenters. The SMILES string of the molecule is COc1cccc(-c2noc(-c3ccc(-c4cccnc4)nc3)n2)c1OC. The topological polar surface area (TPSA) is 83.2 Å². The number of ether oxygens (including phenoxy) is 2. The smallest absolute Gasteiger partial charge is 0.259 e. The summed E-state index contributed by atoms with van der Waals surface area (Å²) in [4.78, 5) is 13.0. The highest BCUT2D eigenvalue weighted by atomic mass is 16.5. The third kappa shape index (κ3) is 3.22. The molecular weight excluding hydrogens is 344 g/mol. The summed E-state index contributed by atoms with van der Waals surface area (Å²) in [6, 6.07) is 13.1. The summed E-state index contributed by atoms with van der Waals surface area (Å²) in [6.45, 7) is 0. The van der Waals surface area contributed by atoms with Crippen LogP contribution in [0.3, 0.4) is 0 Å². The van der Waals surface area contributed by atoms with E-state index in [9.17, 15) is 0 Å². The van der Waals surface area contributed by atoms with Gasteiger partial charge in [-0.1, -0.05) is 11.2 Å². The van der Waals surface area contributed by atoms with Crippen LogP contribution < -0.4 is 9.47 Å². The van der Waals surface area contributed by atoms with E-state index in [1.54, 1.807) is 32.8 Å². The number of rotatable bonds is 5. The van der Waals surface area contributed by atoms with Crippen LogP contribution in [0.5, 0.6) is 11.5 Å². The van der Waals surface area contributed by atoms with Gasteiger partial charge in [-0.3, -0.25) is 9.97 Å². The molecular formula is C20H16N4O3. The van der Waals surface area contributed by atoms with Crippen LogP contribution in [0.25, 0.3) is 34.1 Å². The number of pyridine rings is 2. The molecule has 0 amide bonds. The van der Waals surface area contributed by atoms with Crippen molar-refractivity contribution in [2.24, 2.45) is 0 Å². The Morgan fingerprint density at radius 2 is 1.81 bits per heavy atom. The number of hydrogen-bond acceptors (Lipinski definition) is 7. The summed E-state index contributed by atoms with van der Waals surface area (Å²) in [7, 11) is 3.15. The van der Waals surface area contributed by atoms with Crippen molar-refractivity contribution in [3.05, 3.63) is 61.1 Å². The minimum Gasteiger partial charge on any atom is -0.493 e. The normalized spacial score (nSPS) is 10.6. The van der Waals surface area contributed by atoms with Gasteiger partial charge in [0, 0.05) is 24.2 Å². The molecule has 0 aliphatic carbocycles. The summed E-state index contributed by atoms with van der Waals surface area (Å²) < 4.78 is 16.2. The van der Waals surface area contributed by atoms with E-state index < -0.39 is 0 Å². The lowest BCUT2D eigenvalue weighted by atomic mass is 10.1. The number of aromatic nitrogens is 4. The Balaban J connectivity index is 1.66. The molecule has 4 rings (SSSR count). The van der Waals surface area contributed by atoms with E-state index in [0.717, 1.165) is 16.8 Å².